The number of carbonyl (C=O) groups excluding carboxylic acids is 4. The van der Waals surface area contributed by atoms with Crippen molar-refractivity contribution in [3.63, 3.8) is 0 Å². The van der Waals surface area contributed by atoms with Gasteiger partial charge in [-0.15, -0.1) is 0 Å². The van der Waals surface area contributed by atoms with Crippen molar-refractivity contribution in [2.24, 2.45) is 0 Å². The van der Waals surface area contributed by atoms with Gasteiger partial charge in [-0.25, -0.2) is 14.5 Å². The highest BCUT2D eigenvalue weighted by Gasteiger charge is 2.54. The summed E-state index contributed by atoms with van der Waals surface area (Å²) in [6.45, 7) is 13.3. The first-order chi connectivity index (χ1) is 20.7. The molecule has 2 atom stereocenters. The fourth-order valence-corrected chi connectivity index (χ4v) is 6.24. The molecule has 6 amide bonds. The second kappa shape index (κ2) is 13.0. The zero-order valence-corrected chi connectivity index (χ0v) is 27.8. The summed E-state index contributed by atoms with van der Waals surface area (Å²) in [6, 6.07) is 13.2. The minimum Gasteiger partial charge on any atom is -0.489 e. The molecule has 2 aliphatic heterocycles. The van der Waals surface area contributed by atoms with Crippen molar-refractivity contribution in [3.8, 4) is 5.75 Å². The highest BCUT2D eigenvalue weighted by atomic mass is 28.3. The summed E-state index contributed by atoms with van der Waals surface area (Å²) in [7, 11) is 0.159. The second-order valence-electron chi connectivity index (χ2n) is 13.2. The molecule has 0 bridgehead atoms. The Bertz CT molecular complexity index is 1410. The lowest BCUT2D eigenvalue weighted by atomic mass is 9.88. The van der Waals surface area contributed by atoms with E-state index in [1.807, 2.05) is 13.8 Å². The van der Waals surface area contributed by atoms with Gasteiger partial charge < -0.3 is 30.3 Å². The molecule has 2 fully saturated rings. The van der Waals surface area contributed by atoms with Crippen LogP contribution in [0.5, 0.6) is 5.75 Å². The number of nitrogens with one attached hydrogen (secondary N) is 3. The van der Waals surface area contributed by atoms with Crippen LogP contribution in [0.3, 0.4) is 0 Å². The first-order valence-corrected chi connectivity index (χ1v) is 18.7. The number of ether oxygens (including phenoxy) is 2. The van der Waals surface area contributed by atoms with Crippen LogP contribution in [0, 0.1) is 13.8 Å². The number of amides is 6. The molecule has 12 heteroatoms. The number of aryl methyl sites for hydroxylation is 2. The topological polar surface area (TPSA) is 129 Å². The van der Waals surface area contributed by atoms with Gasteiger partial charge in [0, 0.05) is 34.7 Å². The minimum atomic E-state index is -1.35. The summed E-state index contributed by atoms with van der Waals surface area (Å²) in [5, 5.41) is 8.15. The van der Waals surface area contributed by atoms with Crippen molar-refractivity contribution in [1.29, 1.82) is 0 Å². The van der Waals surface area contributed by atoms with Crippen molar-refractivity contribution in [3.05, 3.63) is 64.7 Å². The molecule has 0 aromatic heterocycles. The van der Waals surface area contributed by atoms with E-state index in [2.05, 4.69) is 53.8 Å². The lowest BCUT2D eigenvalue weighted by Gasteiger charge is -2.32. The Morgan fingerprint density at radius 2 is 1.75 bits per heavy atom. The van der Waals surface area contributed by atoms with Gasteiger partial charge in [-0.05, 0) is 55.6 Å². The zero-order chi connectivity index (χ0) is 32.3. The number of imide groups is 1. The number of carbonyl (C=O) groups is 4. The number of hydrogen-bond acceptors (Lipinski definition) is 6. The molecule has 0 saturated carbocycles. The zero-order valence-electron chi connectivity index (χ0n) is 26.8. The van der Waals surface area contributed by atoms with Crippen LogP contribution in [-0.2, 0) is 26.5 Å². The fourth-order valence-electron chi connectivity index (χ4n) is 5.48. The fraction of sp³-hybridized carbons (Fsp3) is 0.500. The van der Waals surface area contributed by atoms with Crippen LogP contribution in [0.2, 0.25) is 25.7 Å². The minimum absolute atomic E-state index is 0.0456. The molecule has 0 spiro atoms. The van der Waals surface area contributed by atoms with Gasteiger partial charge in [0.2, 0.25) is 0 Å². The maximum absolute atomic E-state index is 14.0. The molecule has 0 aliphatic carbocycles. The summed E-state index contributed by atoms with van der Waals surface area (Å²) < 4.78 is 11.7. The van der Waals surface area contributed by atoms with Gasteiger partial charge >= 0.3 is 12.1 Å². The van der Waals surface area contributed by atoms with Crippen LogP contribution in [0.4, 0.5) is 9.59 Å². The second-order valence-corrected chi connectivity index (χ2v) is 18.8. The maximum Gasteiger partial charge on any atom is 0.327 e. The maximum atomic E-state index is 14.0. The molecule has 11 nitrogen and oxygen atoms in total. The Labute approximate surface area is 260 Å². The monoisotopic (exact) mass is 623 g/mol. The van der Waals surface area contributed by atoms with Crippen LogP contribution in [0.15, 0.2) is 42.5 Å². The van der Waals surface area contributed by atoms with Crippen LogP contribution in [0.1, 0.15) is 35.6 Å². The van der Waals surface area contributed by atoms with Crippen molar-refractivity contribution in [2.45, 2.75) is 70.6 Å². The van der Waals surface area contributed by atoms with E-state index in [-0.39, 0.29) is 32.1 Å². The van der Waals surface area contributed by atoms with E-state index < -0.39 is 37.1 Å². The van der Waals surface area contributed by atoms with Crippen LogP contribution < -0.4 is 20.7 Å². The Hall–Kier alpha value is -3.90. The molecule has 4 rings (SSSR count). The van der Waals surface area contributed by atoms with Gasteiger partial charge in [0.05, 0.1) is 6.54 Å². The van der Waals surface area contributed by atoms with E-state index in [9.17, 15) is 19.2 Å². The normalized spacial score (nSPS) is 21.9. The molecule has 2 aromatic rings. The molecule has 0 radical (unpaired) electrons. The van der Waals surface area contributed by atoms with E-state index in [0.29, 0.717) is 24.5 Å². The Balaban J connectivity index is 1.47. The van der Waals surface area contributed by atoms with E-state index in [1.54, 1.807) is 31.2 Å². The highest BCUT2D eigenvalue weighted by molar-refractivity contribution is 6.76. The van der Waals surface area contributed by atoms with Gasteiger partial charge in [0.25, 0.3) is 11.8 Å². The van der Waals surface area contributed by atoms with Crippen molar-refractivity contribution in [1.82, 2.24) is 25.8 Å². The van der Waals surface area contributed by atoms with E-state index >= 15 is 0 Å². The number of likely N-dealkylation sites (tertiary alicyclic amines) is 1. The molecule has 238 valence electrons. The molecular formula is C32H45N5O6Si. The molecule has 2 saturated heterocycles. The highest BCUT2D eigenvalue weighted by Crippen LogP contribution is 2.36. The summed E-state index contributed by atoms with van der Waals surface area (Å²) in [6.07, 6.45) is 0.281. The Morgan fingerprint density at radius 3 is 2.41 bits per heavy atom. The number of nitrogens with zero attached hydrogens (tertiary/aromatic N) is 2. The van der Waals surface area contributed by atoms with Crippen LogP contribution in [-0.4, -0.2) is 80.8 Å². The summed E-state index contributed by atoms with van der Waals surface area (Å²) in [5.41, 5.74) is 1.30. The molecule has 44 heavy (non-hydrogen) atoms. The standard InChI is InChI=1S/C32H45N5O6Si/c1-22-8-9-23(2)24(18-22)19-43-26-12-10-25(11-13-26)32(34-29(40)33-4)14-15-36(28(32)39)20-31(3)27(38)37(30(41)35-31)21-42-16-17-44(5,6)7/h8-13,18H,14-17,19-21H2,1-7H3,(H,35,41)(H2,33,34,40). The molecule has 2 unspecified atom stereocenters. The van der Waals surface area contributed by atoms with Gasteiger partial charge in [-0.3, -0.25) is 9.59 Å². The molecule has 2 heterocycles. The lowest BCUT2D eigenvalue weighted by Crippen LogP contribution is -2.57. The molecule has 3 N–H and O–H groups in total. The molecular weight excluding hydrogens is 578 g/mol. The number of rotatable bonds is 12. The first-order valence-electron chi connectivity index (χ1n) is 15.0. The summed E-state index contributed by atoms with van der Waals surface area (Å²) in [4.78, 5) is 55.3. The van der Waals surface area contributed by atoms with Gasteiger partial charge in [0.1, 0.15) is 30.2 Å². The summed E-state index contributed by atoms with van der Waals surface area (Å²) in [5.74, 6) is -0.186. The summed E-state index contributed by atoms with van der Waals surface area (Å²) >= 11 is 0. The first kappa shape index (κ1) is 33.0. The van der Waals surface area contributed by atoms with Crippen molar-refractivity contribution in [2.75, 3.05) is 33.5 Å². The largest absolute Gasteiger partial charge is 0.489 e. The average molecular weight is 624 g/mol. The Morgan fingerprint density at radius 1 is 1.05 bits per heavy atom. The third-order valence-corrected chi connectivity index (χ3v) is 9.98. The van der Waals surface area contributed by atoms with E-state index in [4.69, 9.17) is 9.47 Å². The van der Waals surface area contributed by atoms with Gasteiger partial charge in [-0.2, -0.15) is 0 Å². The van der Waals surface area contributed by atoms with Crippen LogP contribution >= 0.6 is 0 Å². The van der Waals surface area contributed by atoms with Crippen molar-refractivity contribution >= 4 is 32.0 Å². The third-order valence-electron chi connectivity index (χ3n) is 8.28. The molecule has 2 aromatic carbocycles. The SMILES string of the molecule is CNC(=O)NC1(c2ccc(OCc3cc(C)ccc3C)cc2)CCN(CC2(C)NC(=O)N(COCC[Si](C)(C)C)C2=O)C1=O. The van der Waals surface area contributed by atoms with E-state index in [1.165, 1.54) is 11.9 Å². The van der Waals surface area contributed by atoms with E-state index in [0.717, 1.165) is 27.6 Å². The van der Waals surface area contributed by atoms with Gasteiger partial charge in [0.15, 0.2) is 0 Å². The average Bonchev–Trinajstić information content (AvgIpc) is 3.38. The lowest BCUT2D eigenvalue weighted by molar-refractivity contribution is -0.138. The number of urea groups is 2. The predicted octanol–water partition coefficient (Wildman–Crippen LogP) is 3.86. The predicted molar refractivity (Wildman–Crippen MR) is 170 cm³/mol. The van der Waals surface area contributed by atoms with Crippen LogP contribution in [0.25, 0.3) is 0 Å². The van der Waals surface area contributed by atoms with Gasteiger partial charge in [-0.1, -0.05) is 55.5 Å². The number of hydrogen-bond donors (Lipinski definition) is 3. The molecule has 2 aliphatic rings. The Kier molecular flexibility index (Phi) is 9.74. The van der Waals surface area contributed by atoms with Crippen molar-refractivity contribution < 1.29 is 28.7 Å². The number of benzene rings is 2. The smallest absolute Gasteiger partial charge is 0.327 e. The quantitative estimate of drug-likeness (QED) is 0.187. The third kappa shape index (κ3) is 7.24.